The van der Waals surface area contributed by atoms with E-state index < -0.39 is 0 Å². The van der Waals surface area contributed by atoms with Crippen molar-refractivity contribution in [3.63, 3.8) is 0 Å². The van der Waals surface area contributed by atoms with Crippen LogP contribution in [0.1, 0.15) is 76.1 Å². The molecule has 166 valence electrons. The van der Waals surface area contributed by atoms with Crippen LogP contribution in [0.25, 0.3) is 0 Å². The number of carbonyl (C=O) groups is 1. The molecule has 30 heavy (non-hydrogen) atoms. The van der Waals surface area contributed by atoms with Gasteiger partial charge in [0.1, 0.15) is 0 Å². The summed E-state index contributed by atoms with van der Waals surface area (Å²) in [6, 6.07) is 0.963. The van der Waals surface area contributed by atoms with E-state index in [1.807, 2.05) is 4.68 Å². The summed E-state index contributed by atoms with van der Waals surface area (Å²) >= 11 is 0. The van der Waals surface area contributed by atoms with Gasteiger partial charge in [0.25, 0.3) is 0 Å². The molecule has 5 rings (SSSR count). The molecule has 1 amide bonds. The molecule has 1 saturated carbocycles. The molecule has 0 N–H and O–H groups in total. The standard InChI is InChI=1S/C22H36N6O2/c29-22(18-9-14-30-15-10-18)27-11-3-1-2-4-20(27)17-7-12-26(13-8-17)16-21-23-24-25-28(21)19-5-6-19/h17-20H,1-16H2/t20-/m0/s1. The number of amides is 1. The third-order valence-corrected chi connectivity index (χ3v) is 7.65. The molecule has 0 aromatic carbocycles. The second kappa shape index (κ2) is 9.30. The fourth-order valence-electron chi connectivity index (χ4n) is 5.69. The lowest BCUT2D eigenvalue weighted by molar-refractivity contribution is -0.142. The van der Waals surface area contributed by atoms with E-state index in [1.54, 1.807) is 0 Å². The first-order chi connectivity index (χ1) is 14.8. The SMILES string of the molecule is O=C(C1CCOCC1)N1CCCCC[C@H]1C1CCN(Cc2nnnn2C2CC2)CC1. The van der Waals surface area contributed by atoms with E-state index in [-0.39, 0.29) is 5.92 Å². The summed E-state index contributed by atoms with van der Waals surface area (Å²) in [5.74, 6) is 2.24. The second-order valence-corrected chi connectivity index (χ2v) is 9.72. The summed E-state index contributed by atoms with van der Waals surface area (Å²) in [5.41, 5.74) is 0. The van der Waals surface area contributed by atoms with Gasteiger partial charge in [-0.15, -0.1) is 5.10 Å². The van der Waals surface area contributed by atoms with Crippen molar-refractivity contribution in [1.82, 2.24) is 30.0 Å². The Morgan fingerprint density at radius 2 is 1.73 bits per heavy atom. The van der Waals surface area contributed by atoms with Crippen LogP contribution in [0.15, 0.2) is 0 Å². The summed E-state index contributed by atoms with van der Waals surface area (Å²) in [6.45, 7) is 5.46. The normalized spacial score (nSPS) is 27.9. The maximum absolute atomic E-state index is 13.4. The zero-order chi connectivity index (χ0) is 20.3. The van der Waals surface area contributed by atoms with Gasteiger partial charge in [0.2, 0.25) is 5.91 Å². The highest BCUT2D eigenvalue weighted by Crippen LogP contribution is 2.35. The minimum Gasteiger partial charge on any atom is -0.381 e. The van der Waals surface area contributed by atoms with E-state index in [9.17, 15) is 4.79 Å². The molecule has 4 fully saturated rings. The highest BCUT2D eigenvalue weighted by atomic mass is 16.5. The van der Waals surface area contributed by atoms with Crippen molar-refractivity contribution >= 4 is 5.91 Å². The maximum Gasteiger partial charge on any atom is 0.226 e. The van der Waals surface area contributed by atoms with Gasteiger partial charge in [-0.2, -0.15) is 0 Å². The number of hydrogen-bond acceptors (Lipinski definition) is 6. The molecule has 3 aliphatic heterocycles. The van der Waals surface area contributed by atoms with Crippen LogP contribution in [0.5, 0.6) is 0 Å². The summed E-state index contributed by atoms with van der Waals surface area (Å²) in [5, 5.41) is 12.4. The fraction of sp³-hybridized carbons (Fsp3) is 0.909. The van der Waals surface area contributed by atoms with Gasteiger partial charge in [0.15, 0.2) is 5.82 Å². The predicted molar refractivity (Wildman–Crippen MR) is 112 cm³/mol. The molecule has 0 radical (unpaired) electrons. The van der Waals surface area contributed by atoms with E-state index in [2.05, 4.69) is 25.3 Å². The lowest BCUT2D eigenvalue weighted by atomic mass is 9.85. The maximum atomic E-state index is 13.4. The monoisotopic (exact) mass is 416 g/mol. The molecule has 4 heterocycles. The van der Waals surface area contributed by atoms with Crippen molar-refractivity contribution in [3.8, 4) is 0 Å². The van der Waals surface area contributed by atoms with E-state index in [4.69, 9.17) is 4.74 Å². The Hall–Kier alpha value is -1.54. The zero-order valence-corrected chi connectivity index (χ0v) is 18.1. The summed E-state index contributed by atoms with van der Waals surface area (Å²) < 4.78 is 7.53. The van der Waals surface area contributed by atoms with Crippen molar-refractivity contribution in [2.75, 3.05) is 32.8 Å². The molecule has 0 spiro atoms. The molecule has 3 saturated heterocycles. The van der Waals surface area contributed by atoms with Gasteiger partial charge in [-0.05, 0) is 80.8 Å². The molecule has 1 atom stereocenters. The fourth-order valence-corrected chi connectivity index (χ4v) is 5.69. The molecule has 1 aliphatic carbocycles. The molecule has 8 nitrogen and oxygen atoms in total. The van der Waals surface area contributed by atoms with E-state index in [0.29, 0.717) is 23.9 Å². The van der Waals surface area contributed by atoms with Crippen LogP contribution < -0.4 is 0 Å². The van der Waals surface area contributed by atoms with Gasteiger partial charge in [0, 0.05) is 31.7 Å². The van der Waals surface area contributed by atoms with Crippen LogP contribution in [0.4, 0.5) is 0 Å². The minimum atomic E-state index is 0.181. The smallest absolute Gasteiger partial charge is 0.226 e. The molecule has 1 aromatic rings. The number of hydrogen-bond donors (Lipinski definition) is 0. The summed E-state index contributed by atoms with van der Waals surface area (Å²) in [6.07, 6.45) is 11.4. The van der Waals surface area contributed by atoms with Crippen molar-refractivity contribution in [1.29, 1.82) is 0 Å². The van der Waals surface area contributed by atoms with Crippen LogP contribution in [-0.2, 0) is 16.1 Å². The Bertz CT molecular complexity index is 706. The molecule has 8 heteroatoms. The zero-order valence-electron chi connectivity index (χ0n) is 18.1. The average Bonchev–Trinajstić information content (AvgIpc) is 3.58. The first-order valence-corrected chi connectivity index (χ1v) is 12.2. The topological polar surface area (TPSA) is 76.4 Å². The minimum absolute atomic E-state index is 0.181. The lowest BCUT2D eigenvalue weighted by Gasteiger charge is -2.42. The quantitative estimate of drug-likeness (QED) is 0.734. The predicted octanol–water partition coefficient (Wildman–Crippen LogP) is 2.42. The second-order valence-electron chi connectivity index (χ2n) is 9.72. The highest BCUT2D eigenvalue weighted by molar-refractivity contribution is 5.79. The molecule has 0 unspecified atom stereocenters. The number of nitrogens with zero attached hydrogens (tertiary/aromatic N) is 6. The van der Waals surface area contributed by atoms with E-state index in [1.165, 1.54) is 44.9 Å². The number of rotatable bonds is 5. The highest BCUT2D eigenvalue weighted by Gasteiger charge is 2.37. The number of aromatic nitrogens is 4. The Labute approximate surface area is 179 Å². The van der Waals surface area contributed by atoms with Gasteiger partial charge in [-0.3, -0.25) is 9.69 Å². The van der Waals surface area contributed by atoms with Crippen LogP contribution in [-0.4, -0.2) is 74.8 Å². The van der Waals surface area contributed by atoms with Gasteiger partial charge in [0.05, 0.1) is 12.6 Å². The average molecular weight is 417 g/mol. The molecular weight excluding hydrogens is 380 g/mol. The van der Waals surface area contributed by atoms with E-state index in [0.717, 1.165) is 64.5 Å². The molecule has 0 bridgehead atoms. The van der Waals surface area contributed by atoms with Crippen molar-refractivity contribution in [2.24, 2.45) is 11.8 Å². The molecular formula is C22H36N6O2. The molecule has 1 aromatic heterocycles. The first kappa shape index (κ1) is 20.4. The number of ether oxygens (including phenoxy) is 1. The Morgan fingerprint density at radius 3 is 2.50 bits per heavy atom. The van der Waals surface area contributed by atoms with Crippen LogP contribution >= 0.6 is 0 Å². The van der Waals surface area contributed by atoms with Gasteiger partial charge < -0.3 is 9.64 Å². The van der Waals surface area contributed by atoms with Crippen molar-refractivity contribution in [2.45, 2.75) is 82.8 Å². The Morgan fingerprint density at radius 1 is 0.933 bits per heavy atom. The molecule has 4 aliphatic rings. The van der Waals surface area contributed by atoms with Gasteiger partial charge >= 0.3 is 0 Å². The van der Waals surface area contributed by atoms with Gasteiger partial charge in [-0.1, -0.05) is 12.8 Å². The summed E-state index contributed by atoms with van der Waals surface area (Å²) in [7, 11) is 0. The third kappa shape index (κ3) is 4.54. The van der Waals surface area contributed by atoms with Crippen molar-refractivity contribution in [3.05, 3.63) is 5.82 Å². The van der Waals surface area contributed by atoms with Crippen LogP contribution in [0.2, 0.25) is 0 Å². The van der Waals surface area contributed by atoms with Crippen LogP contribution in [0, 0.1) is 11.8 Å². The number of piperidine rings is 1. The lowest BCUT2D eigenvalue weighted by Crippen LogP contribution is -2.50. The largest absolute Gasteiger partial charge is 0.381 e. The van der Waals surface area contributed by atoms with E-state index >= 15 is 0 Å². The van der Waals surface area contributed by atoms with Crippen LogP contribution in [0.3, 0.4) is 0 Å². The van der Waals surface area contributed by atoms with Gasteiger partial charge in [-0.25, -0.2) is 4.68 Å². The Balaban J connectivity index is 1.19. The third-order valence-electron chi connectivity index (χ3n) is 7.65. The number of likely N-dealkylation sites (tertiary alicyclic amines) is 2. The first-order valence-electron chi connectivity index (χ1n) is 12.2. The number of carbonyl (C=O) groups excluding carboxylic acids is 1. The summed E-state index contributed by atoms with van der Waals surface area (Å²) in [4.78, 5) is 18.2. The Kier molecular flexibility index (Phi) is 6.32. The van der Waals surface area contributed by atoms with Crippen molar-refractivity contribution < 1.29 is 9.53 Å². The number of tetrazole rings is 1.